The highest BCUT2D eigenvalue weighted by Crippen LogP contribution is 2.35. The number of hydrogen-bond acceptors (Lipinski definition) is 5. The van der Waals surface area contributed by atoms with Gasteiger partial charge in [-0.25, -0.2) is 0 Å². The molecule has 1 aromatic carbocycles. The number of rotatable bonds is 4. The predicted octanol–water partition coefficient (Wildman–Crippen LogP) is 5.69. The van der Waals surface area contributed by atoms with Gasteiger partial charge in [-0.2, -0.15) is 5.01 Å². The molecule has 0 bridgehead atoms. The highest BCUT2D eigenvalue weighted by Gasteiger charge is 2.35. The third-order valence-electron chi connectivity index (χ3n) is 4.32. The topological polar surface area (TPSA) is 38.4 Å². The molecule has 28 heavy (non-hydrogen) atoms. The monoisotopic (exact) mass is 426 g/mol. The molecule has 1 aliphatic heterocycles. The second-order valence-electron chi connectivity index (χ2n) is 6.49. The van der Waals surface area contributed by atoms with E-state index < -0.39 is 0 Å². The molecule has 3 aromatic rings. The molecule has 0 N–H and O–H groups in total. The molecule has 0 atom stereocenters. The highest BCUT2D eigenvalue weighted by atomic mass is 32.2. The Bertz CT molecular complexity index is 1070. The second kappa shape index (κ2) is 7.66. The van der Waals surface area contributed by atoms with Crippen molar-refractivity contribution in [3.8, 4) is 0 Å². The number of carbonyl (C=O) groups excluding carboxylic acids is 1. The molecule has 0 saturated carbocycles. The van der Waals surface area contributed by atoms with Crippen LogP contribution >= 0.6 is 35.7 Å². The quantitative estimate of drug-likeness (QED) is 0.395. The van der Waals surface area contributed by atoms with Crippen molar-refractivity contribution in [2.45, 2.75) is 30.8 Å². The smallest absolute Gasteiger partial charge is 0.285 e. The minimum Gasteiger partial charge on any atom is -0.450 e. The molecule has 1 amide bonds. The summed E-state index contributed by atoms with van der Waals surface area (Å²) in [7, 11) is 0. The summed E-state index contributed by atoms with van der Waals surface area (Å²) in [5.41, 5.74) is 3.15. The molecule has 1 saturated heterocycles. The maximum atomic E-state index is 12.9. The predicted molar refractivity (Wildman–Crippen MR) is 119 cm³/mol. The molecule has 0 radical (unpaired) electrons. The van der Waals surface area contributed by atoms with Crippen LogP contribution in [0.1, 0.15) is 22.7 Å². The molecule has 0 aliphatic carbocycles. The molecule has 1 aliphatic rings. The van der Waals surface area contributed by atoms with Gasteiger partial charge in [0.2, 0.25) is 0 Å². The van der Waals surface area contributed by atoms with Crippen LogP contribution < -0.4 is 5.01 Å². The summed E-state index contributed by atoms with van der Waals surface area (Å²) in [6.07, 6.45) is 1.76. The van der Waals surface area contributed by atoms with Gasteiger partial charge in [0, 0.05) is 22.4 Å². The normalized spacial score (nSPS) is 15.8. The Labute approximate surface area is 177 Å². The number of aromatic nitrogens is 1. The molecule has 2 aromatic heterocycles. The third-order valence-corrected chi connectivity index (χ3v) is 6.53. The van der Waals surface area contributed by atoms with Gasteiger partial charge in [0.1, 0.15) is 5.76 Å². The third kappa shape index (κ3) is 3.70. The second-order valence-corrected chi connectivity index (χ2v) is 9.25. The van der Waals surface area contributed by atoms with Crippen molar-refractivity contribution in [1.82, 2.24) is 4.68 Å². The number of furan rings is 1. The highest BCUT2D eigenvalue weighted by molar-refractivity contribution is 8.27. The van der Waals surface area contributed by atoms with Crippen LogP contribution in [-0.2, 0) is 4.79 Å². The first kappa shape index (κ1) is 19.1. The Kier molecular flexibility index (Phi) is 5.23. The molecular weight excluding hydrogens is 408 g/mol. The molecule has 0 unspecified atom stereocenters. The fourth-order valence-electron chi connectivity index (χ4n) is 2.93. The van der Waals surface area contributed by atoms with Crippen LogP contribution in [0.25, 0.3) is 6.08 Å². The first-order chi connectivity index (χ1) is 13.4. The first-order valence-corrected chi connectivity index (χ1v) is 10.7. The number of hydrogen-bond donors (Lipinski definition) is 0. The number of benzene rings is 1. The van der Waals surface area contributed by atoms with E-state index >= 15 is 0 Å². The SMILES string of the molecule is Cc1ccc(Sc2ccc(/C=C3\SC(=S)N(n4c(C)ccc4C)C3=O)o2)cc1. The van der Waals surface area contributed by atoms with Gasteiger partial charge in [-0.3, -0.25) is 9.47 Å². The molecule has 142 valence electrons. The van der Waals surface area contributed by atoms with Crippen LogP contribution in [0.5, 0.6) is 0 Å². The lowest BCUT2D eigenvalue weighted by atomic mass is 10.2. The van der Waals surface area contributed by atoms with Gasteiger partial charge in [0.25, 0.3) is 5.91 Å². The van der Waals surface area contributed by atoms with Crippen molar-refractivity contribution in [2.24, 2.45) is 0 Å². The summed E-state index contributed by atoms with van der Waals surface area (Å²) in [6.45, 7) is 5.97. The number of thioether (sulfide) groups is 1. The minimum absolute atomic E-state index is 0.137. The van der Waals surface area contributed by atoms with Crippen molar-refractivity contribution < 1.29 is 9.21 Å². The van der Waals surface area contributed by atoms with Gasteiger partial charge < -0.3 is 4.42 Å². The van der Waals surface area contributed by atoms with E-state index in [9.17, 15) is 4.79 Å². The van der Waals surface area contributed by atoms with E-state index in [1.165, 1.54) is 17.3 Å². The Morgan fingerprint density at radius 2 is 1.68 bits per heavy atom. The molecule has 4 nitrogen and oxygen atoms in total. The van der Waals surface area contributed by atoms with Crippen LogP contribution in [0.3, 0.4) is 0 Å². The zero-order valence-electron chi connectivity index (χ0n) is 15.6. The molecule has 3 heterocycles. The van der Waals surface area contributed by atoms with Crippen molar-refractivity contribution >= 4 is 52.0 Å². The Hall–Kier alpha value is -2.22. The van der Waals surface area contributed by atoms with Crippen LogP contribution in [-0.4, -0.2) is 14.9 Å². The summed E-state index contributed by atoms with van der Waals surface area (Å²) in [5, 5.41) is 2.32. The van der Waals surface area contributed by atoms with Gasteiger partial charge in [0.15, 0.2) is 9.41 Å². The van der Waals surface area contributed by atoms with Gasteiger partial charge in [-0.15, -0.1) is 0 Å². The summed E-state index contributed by atoms with van der Waals surface area (Å²) < 4.78 is 8.25. The molecule has 1 fully saturated rings. The first-order valence-electron chi connectivity index (χ1n) is 8.70. The largest absolute Gasteiger partial charge is 0.450 e. The Balaban J connectivity index is 1.55. The Morgan fingerprint density at radius 1 is 1.00 bits per heavy atom. The van der Waals surface area contributed by atoms with E-state index in [1.54, 1.807) is 22.8 Å². The summed E-state index contributed by atoms with van der Waals surface area (Å²) in [5.74, 6) is 0.498. The van der Waals surface area contributed by atoms with E-state index in [1.807, 2.05) is 42.8 Å². The summed E-state index contributed by atoms with van der Waals surface area (Å²) in [4.78, 5) is 14.6. The van der Waals surface area contributed by atoms with Crippen LogP contribution in [0.2, 0.25) is 0 Å². The standard InChI is InChI=1S/C21H18N2O2S3/c1-13-4-9-17(10-5-13)27-19-11-8-16(25-19)12-18-20(24)23(21(26)28-18)22-14(2)6-7-15(22)3/h4-12H,1-3H3/b18-12-. The van der Waals surface area contributed by atoms with Gasteiger partial charge in [-0.1, -0.05) is 41.2 Å². The van der Waals surface area contributed by atoms with Gasteiger partial charge in [-0.05, 0) is 69.4 Å². The van der Waals surface area contributed by atoms with Gasteiger partial charge in [0.05, 0.1) is 4.91 Å². The fraction of sp³-hybridized carbons (Fsp3) is 0.143. The van der Waals surface area contributed by atoms with E-state index in [0.717, 1.165) is 21.4 Å². The lowest BCUT2D eigenvalue weighted by molar-refractivity contribution is -0.114. The van der Waals surface area contributed by atoms with Gasteiger partial charge >= 0.3 is 0 Å². The van der Waals surface area contributed by atoms with E-state index in [-0.39, 0.29) is 5.91 Å². The van der Waals surface area contributed by atoms with Crippen LogP contribution in [0.15, 0.2) is 67.8 Å². The molecule has 7 heteroatoms. The maximum absolute atomic E-state index is 12.9. The van der Waals surface area contributed by atoms with Crippen molar-refractivity contribution in [3.63, 3.8) is 0 Å². The van der Waals surface area contributed by atoms with Crippen molar-refractivity contribution in [3.05, 3.63) is 76.1 Å². The van der Waals surface area contributed by atoms with E-state index in [0.29, 0.717) is 15.0 Å². The zero-order valence-corrected chi connectivity index (χ0v) is 18.1. The van der Waals surface area contributed by atoms with Crippen molar-refractivity contribution in [1.29, 1.82) is 0 Å². The summed E-state index contributed by atoms with van der Waals surface area (Å²) >= 11 is 8.29. The lowest BCUT2D eigenvalue weighted by Crippen LogP contribution is -2.39. The van der Waals surface area contributed by atoms with Crippen LogP contribution in [0, 0.1) is 20.8 Å². The minimum atomic E-state index is -0.137. The fourth-order valence-corrected chi connectivity index (χ4v) is 4.93. The number of aryl methyl sites for hydroxylation is 3. The van der Waals surface area contributed by atoms with E-state index in [4.69, 9.17) is 16.6 Å². The number of amides is 1. The number of carbonyl (C=O) groups is 1. The average Bonchev–Trinajstić information content (AvgIpc) is 3.31. The van der Waals surface area contributed by atoms with Crippen molar-refractivity contribution in [2.75, 3.05) is 5.01 Å². The molecule has 4 rings (SSSR count). The average molecular weight is 427 g/mol. The van der Waals surface area contributed by atoms with Crippen LogP contribution in [0.4, 0.5) is 0 Å². The lowest BCUT2D eigenvalue weighted by Gasteiger charge is -2.20. The maximum Gasteiger partial charge on any atom is 0.285 e. The zero-order chi connectivity index (χ0) is 19.8. The number of nitrogens with zero attached hydrogens (tertiary/aromatic N) is 2. The molecule has 0 spiro atoms. The Morgan fingerprint density at radius 3 is 2.36 bits per heavy atom. The van der Waals surface area contributed by atoms with E-state index in [2.05, 4.69) is 31.2 Å². The molecular formula is C21H18N2O2S3. The number of thiocarbonyl (C=S) groups is 1. The summed E-state index contributed by atoms with van der Waals surface area (Å²) in [6, 6.07) is 16.0.